The summed E-state index contributed by atoms with van der Waals surface area (Å²) in [6.07, 6.45) is 8.00. The maximum atomic E-state index is 5.90. The number of pyridine rings is 2. The Morgan fingerprint density at radius 2 is 1.84 bits per heavy atom. The van der Waals surface area contributed by atoms with Gasteiger partial charge in [-0.1, -0.05) is 6.07 Å². The molecule has 0 aliphatic carbocycles. The molecule has 0 bridgehead atoms. The number of aromatic amines is 1. The Morgan fingerprint density at radius 1 is 0.969 bits per heavy atom. The van der Waals surface area contributed by atoms with Gasteiger partial charge in [-0.05, 0) is 80.0 Å². The third-order valence-corrected chi connectivity index (χ3v) is 5.63. The van der Waals surface area contributed by atoms with E-state index in [9.17, 15) is 0 Å². The summed E-state index contributed by atoms with van der Waals surface area (Å²) >= 11 is 0. The minimum Gasteiger partial charge on any atom is -0.492 e. The van der Waals surface area contributed by atoms with Crippen molar-refractivity contribution in [2.24, 2.45) is 0 Å². The molecule has 1 aromatic carbocycles. The van der Waals surface area contributed by atoms with Gasteiger partial charge in [-0.15, -0.1) is 0 Å². The van der Waals surface area contributed by atoms with Crippen LogP contribution in [0.2, 0.25) is 0 Å². The average Bonchev–Trinajstić information content (AvgIpc) is 3.54. The van der Waals surface area contributed by atoms with Crippen molar-refractivity contribution in [2.45, 2.75) is 12.8 Å². The summed E-state index contributed by atoms with van der Waals surface area (Å²) in [5.41, 5.74) is 4.69. The van der Waals surface area contributed by atoms with Crippen molar-refractivity contribution in [1.82, 2.24) is 25.1 Å². The highest BCUT2D eigenvalue weighted by atomic mass is 16.5. The second-order valence-electron chi connectivity index (χ2n) is 7.85. The van der Waals surface area contributed by atoms with Crippen LogP contribution < -0.4 is 10.1 Å². The van der Waals surface area contributed by atoms with E-state index < -0.39 is 0 Å². The van der Waals surface area contributed by atoms with Gasteiger partial charge in [0.25, 0.3) is 0 Å². The number of nitrogens with zero attached hydrogens (tertiary/aromatic N) is 4. The van der Waals surface area contributed by atoms with Gasteiger partial charge >= 0.3 is 0 Å². The number of anilines is 2. The number of nitrogens with one attached hydrogen (secondary N) is 2. The van der Waals surface area contributed by atoms with Crippen LogP contribution in [0.25, 0.3) is 22.5 Å². The van der Waals surface area contributed by atoms with E-state index in [1.54, 1.807) is 12.4 Å². The number of hydrogen-bond donors (Lipinski definition) is 2. The lowest BCUT2D eigenvalue weighted by molar-refractivity contribution is 0.238. The molecule has 7 nitrogen and oxygen atoms in total. The number of rotatable bonds is 8. The molecule has 1 fully saturated rings. The van der Waals surface area contributed by atoms with Crippen molar-refractivity contribution >= 4 is 11.5 Å². The molecular formula is C25H26N6O. The van der Waals surface area contributed by atoms with Gasteiger partial charge in [-0.2, -0.15) is 5.10 Å². The Morgan fingerprint density at radius 3 is 2.66 bits per heavy atom. The fourth-order valence-electron chi connectivity index (χ4n) is 3.96. The summed E-state index contributed by atoms with van der Waals surface area (Å²) in [5.74, 6) is 1.65. The summed E-state index contributed by atoms with van der Waals surface area (Å²) in [6, 6.07) is 17.8. The Kier molecular flexibility index (Phi) is 6.07. The molecule has 0 saturated carbocycles. The van der Waals surface area contributed by atoms with Crippen molar-refractivity contribution in [3.63, 3.8) is 0 Å². The molecule has 0 spiro atoms. The van der Waals surface area contributed by atoms with Gasteiger partial charge in [0.15, 0.2) is 0 Å². The normalized spacial score (nSPS) is 13.9. The maximum Gasteiger partial charge on any atom is 0.130 e. The predicted octanol–water partition coefficient (Wildman–Crippen LogP) is 4.75. The Bertz CT molecular complexity index is 1140. The summed E-state index contributed by atoms with van der Waals surface area (Å²) in [5, 5.41) is 10.7. The van der Waals surface area contributed by atoms with Crippen LogP contribution in [0.5, 0.6) is 5.75 Å². The number of likely N-dealkylation sites (tertiary alicyclic amines) is 1. The molecule has 4 aromatic rings. The van der Waals surface area contributed by atoms with Crippen molar-refractivity contribution < 1.29 is 4.74 Å². The Balaban J connectivity index is 1.24. The topological polar surface area (TPSA) is 79.0 Å². The second kappa shape index (κ2) is 9.62. The van der Waals surface area contributed by atoms with Gasteiger partial charge in [-0.25, -0.2) is 4.98 Å². The van der Waals surface area contributed by atoms with E-state index in [2.05, 4.69) is 30.4 Å². The molecule has 32 heavy (non-hydrogen) atoms. The second-order valence-corrected chi connectivity index (χ2v) is 7.85. The van der Waals surface area contributed by atoms with Crippen molar-refractivity contribution in [1.29, 1.82) is 0 Å². The van der Waals surface area contributed by atoms with E-state index >= 15 is 0 Å². The lowest BCUT2D eigenvalue weighted by Crippen LogP contribution is -2.25. The van der Waals surface area contributed by atoms with E-state index in [0.29, 0.717) is 0 Å². The fraction of sp³-hybridized carbons (Fsp3) is 0.240. The third-order valence-electron chi connectivity index (χ3n) is 5.63. The van der Waals surface area contributed by atoms with Crippen LogP contribution in [-0.4, -0.2) is 51.3 Å². The van der Waals surface area contributed by atoms with Crippen LogP contribution in [0.15, 0.2) is 73.2 Å². The lowest BCUT2D eigenvalue weighted by Gasteiger charge is -2.15. The minimum absolute atomic E-state index is 0.722. The molecule has 1 aliphatic heterocycles. The summed E-state index contributed by atoms with van der Waals surface area (Å²) < 4.78 is 5.90. The largest absolute Gasteiger partial charge is 0.492 e. The van der Waals surface area contributed by atoms with Crippen molar-refractivity contribution in [2.75, 3.05) is 31.6 Å². The van der Waals surface area contributed by atoms with Gasteiger partial charge in [0, 0.05) is 30.2 Å². The van der Waals surface area contributed by atoms with Gasteiger partial charge in [0.05, 0.1) is 17.6 Å². The third kappa shape index (κ3) is 4.78. The first kappa shape index (κ1) is 20.2. The number of H-pyrrole nitrogens is 1. The van der Waals surface area contributed by atoms with Gasteiger partial charge in [0.2, 0.25) is 0 Å². The van der Waals surface area contributed by atoms with Crippen LogP contribution in [0.4, 0.5) is 11.5 Å². The standard InChI is InChI=1S/C25H26N6O/c1-2-11-26-23(5-1)25-22(18-28-30-25)19-10-12-27-24(17-19)29-20-6-8-21(9-7-20)32-16-15-31-13-3-4-14-31/h1-2,5-12,17-18H,3-4,13-16H2,(H,27,29)(H,28,30). The highest BCUT2D eigenvalue weighted by Crippen LogP contribution is 2.30. The lowest BCUT2D eigenvalue weighted by atomic mass is 10.1. The quantitative estimate of drug-likeness (QED) is 0.423. The number of hydrogen-bond acceptors (Lipinski definition) is 6. The van der Waals surface area contributed by atoms with Crippen LogP contribution in [-0.2, 0) is 0 Å². The predicted molar refractivity (Wildman–Crippen MR) is 126 cm³/mol. The molecule has 3 aromatic heterocycles. The fourth-order valence-corrected chi connectivity index (χ4v) is 3.96. The van der Waals surface area contributed by atoms with Crippen molar-refractivity contribution in [3.05, 3.63) is 73.2 Å². The molecule has 1 saturated heterocycles. The molecule has 162 valence electrons. The van der Waals surface area contributed by atoms with Crippen LogP contribution >= 0.6 is 0 Å². The average molecular weight is 427 g/mol. The molecule has 7 heteroatoms. The zero-order valence-electron chi connectivity index (χ0n) is 17.9. The molecular weight excluding hydrogens is 400 g/mol. The summed E-state index contributed by atoms with van der Waals surface area (Å²) in [4.78, 5) is 11.4. The van der Waals surface area contributed by atoms with Crippen LogP contribution in [0.3, 0.4) is 0 Å². The molecule has 0 atom stereocenters. The van der Waals surface area contributed by atoms with E-state index in [1.165, 1.54) is 25.9 Å². The summed E-state index contributed by atoms with van der Waals surface area (Å²) in [6.45, 7) is 4.10. The van der Waals surface area contributed by atoms with Gasteiger partial charge < -0.3 is 10.1 Å². The first-order valence-electron chi connectivity index (χ1n) is 11.0. The van der Waals surface area contributed by atoms with E-state index in [4.69, 9.17) is 4.74 Å². The molecule has 4 heterocycles. The number of ether oxygens (including phenoxy) is 1. The van der Waals surface area contributed by atoms with E-state index in [-0.39, 0.29) is 0 Å². The minimum atomic E-state index is 0.722. The first-order valence-corrected chi connectivity index (χ1v) is 11.0. The molecule has 0 unspecified atom stereocenters. The number of aromatic nitrogens is 4. The first-order chi connectivity index (χ1) is 15.8. The SMILES string of the molecule is c1ccc(-c2[nH]ncc2-c2ccnc(Nc3ccc(OCCN4CCCC4)cc3)c2)nc1. The molecule has 2 N–H and O–H groups in total. The monoisotopic (exact) mass is 426 g/mol. The van der Waals surface area contributed by atoms with E-state index in [1.807, 2.05) is 60.8 Å². The highest BCUT2D eigenvalue weighted by Gasteiger charge is 2.12. The number of benzene rings is 1. The molecule has 0 radical (unpaired) electrons. The molecule has 1 aliphatic rings. The smallest absolute Gasteiger partial charge is 0.130 e. The summed E-state index contributed by atoms with van der Waals surface area (Å²) in [7, 11) is 0. The van der Waals surface area contributed by atoms with Crippen LogP contribution in [0.1, 0.15) is 12.8 Å². The van der Waals surface area contributed by atoms with Crippen molar-refractivity contribution in [3.8, 4) is 28.3 Å². The Labute approximate surface area is 187 Å². The van der Waals surface area contributed by atoms with Crippen LogP contribution in [0, 0.1) is 0 Å². The Hall–Kier alpha value is -3.71. The van der Waals surface area contributed by atoms with Gasteiger partial charge in [0.1, 0.15) is 18.2 Å². The zero-order chi connectivity index (χ0) is 21.6. The van der Waals surface area contributed by atoms with Gasteiger partial charge in [-0.3, -0.25) is 15.0 Å². The molecule has 5 rings (SSSR count). The molecule has 0 amide bonds. The van der Waals surface area contributed by atoms with E-state index in [0.717, 1.165) is 52.9 Å². The zero-order valence-corrected chi connectivity index (χ0v) is 17.9. The maximum absolute atomic E-state index is 5.90. The highest BCUT2D eigenvalue weighted by molar-refractivity contribution is 5.80.